The van der Waals surface area contributed by atoms with Crippen LogP contribution < -0.4 is 15.0 Å². The molecule has 1 aromatic heterocycles. The van der Waals surface area contributed by atoms with E-state index in [1.807, 2.05) is 18.7 Å². The summed E-state index contributed by atoms with van der Waals surface area (Å²) in [6.07, 6.45) is 3.44. The summed E-state index contributed by atoms with van der Waals surface area (Å²) in [4.78, 5) is 15.0. The molecular formula is C13H23N5O2. The number of anilines is 2. The fourth-order valence-corrected chi connectivity index (χ4v) is 2.10. The summed E-state index contributed by atoms with van der Waals surface area (Å²) in [6.45, 7) is 4.47. The van der Waals surface area contributed by atoms with Crippen molar-refractivity contribution in [3.63, 3.8) is 0 Å². The fourth-order valence-electron chi connectivity index (χ4n) is 2.10. The maximum absolute atomic E-state index is 9.25. The monoisotopic (exact) mass is 281 g/mol. The lowest BCUT2D eigenvalue weighted by Gasteiger charge is -2.37. The van der Waals surface area contributed by atoms with Crippen molar-refractivity contribution in [2.24, 2.45) is 0 Å². The van der Waals surface area contributed by atoms with Crippen molar-refractivity contribution in [2.75, 3.05) is 30.4 Å². The van der Waals surface area contributed by atoms with Crippen molar-refractivity contribution in [2.45, 2.75) is 45.3 Å². The van der Waals surface area contributed by atoms with E-state index in [9.17, 15) is 5.11 Å². The maximum Gasteiger partial charge on any atom is 0.323 e. The van der Waals surface area contributed by atoms with Crippen LogP contribution in [0.2, 0.25) is 0 Å². The molecule has 0 atom stereocenters. The van der Waals surface area contributed by atoms with Gasteiger partial charge < -0.3 is 20.1 Å². The average Bonchev–Trinajstić information content (AvgIpc) is 2.35. The SMILES string of the molecule is CNc1nc(OC(C)C)nc(N(CCO)C2CCC2)n1. The van der Waals surface area contributed by atoms with Crippen LogP contribution in [0.4, 0.5) is 11.9 Å². The number of nitrogens with zero attached hydrogens (tertiary/aromatic N) is 4. The zero-order valence-corrected chi connectivity index (χ0v) is 12.3. The number of aliphatic hydroxyl groups is 1. The first-order chi connectivity index (χ1) is 9.63. The molecular weight excluding hydrogens is 258 g/mol. The van der Waals surface area contributed by atoms with Crippen molar-refractivity contribution < 1.29 is 9.84 Å². The van der Waals surface area contributed by atoms with E-state index < -0.39 is 0 Å². The zero-order valence-electron chi connectivity index (χ0n) is 12.3. The van der Waals surface area contributed by atoms with Crippen molar-refractivity contribution in [3.05, 3.63) is 0 Å². The van der Waals surface area contributed by atoms with E-state index in [1.54, 1.807) is 7.05 Å². The number of aromatic nitrogens is 3. The van der Waals surface area contributed by atoms with Gasteiger partial charge in [0.2, 0.25) is 11.9 Å². The minimum atomic E-state index is 0.00458. The van der Waals surface area contributed by atoms with Gasteiger partial charge in [-0.3, -0.25) is 0 Å². The van der Waals surface area contributed by atoms with Crippen LogP contribution in [0.3, 0.4) is 0 Å². The Bertz CT molecular complexity index is 437. The van der Waals surface area contributed by atoms with Gasteiger partial charge in [0.05, 0.1) is 12.7 Å². The van der Waals surface area contributed by atoms with Crippen molar-refractivity contribution in [1.29, 1.82) is 0 Å². The third-order valence-electron chi connectivity index (χ3n) is 3.28. The molecule has 1 fully saturated rings. The average molecular weight is 281 g/mol. The lowest BCUT2D eigenvalue weighted by Crippen LogP contribution is -2.43. The Morgan fingerprint density at radius 1 is 1.35 bits per heavy atom. The second kappa shape index (κ2) is 6.69. The molecule has 0 amide bonds. The van der Waals surface area contributed by atoms with Crippen LogP contribution in [0.5, 0.6) is 6.01 Å². The molecule has 1 aliphatic rings. The molecule has 2 rings (SSSR count). The summed E-state index contributed by atoms with van der Waals surface area (Å²) >= 11 is 0. The number of rotatable bonds is 7. The van der Waals surface area contributed by atoms with Gasteiger partial charge in [-0.25, -0.2) is 0 Å². The Balaban J connectivity index is 2.26. The zero-order chi connectivity index (χ0) is 14.5. The highest BCUT2D eigenvalue weighted by molar-refractivity contribution is 5.39. The van der Waals surface area contributed by atoms with Crippen LogP contribution in [0.1, 0.15) is 33.1 Å². The van der Waals surface area contributed by atoms with Gasteiger partial charge in [0.25, 0.3) is 0 Å². The van der Waals surface area contributed by atoms with Gasteiger partial charge in [0.15, 0.2) is 0 Å². The summed E-state index contributed by atoms with van der Waals surface area (Å²) in [5.41, 5.74) is 0. The Morgan fingerprint density at radius 2 is 2.10 bits per heavy atom. The Hall–Kier alpha value is -1.63. The van der Waals surface area contributed by atoms with Crippen LogP contribution in [-0.2, 0) is 0 Å². The molecule has 1 aliphatic carbocycles. The fraction of sp³-hybridized carbons (Fsp3) is 0.769. The van der Waals surface area contributed by atoms with E-state index in [4.69, 9.17) is 4.74 Å². The summed E-state index contributed by atoms with van der Waals surface area (Å²) in [5.74, 6) is 1.05. The highest BCUT2D eigenvalue weighted by Crippen LogP contribution is 2.28. The summed E-state index contributed by atoms with van der Waals surface area (Å²) in [5, 5.41) is 12.2. The van der Waals surface area contributed by atoms with E-state index in [-0.39, 0.29) is 12.7 Å². The quantitative estimate of drug-likeness (QED) is 0.773. The van der Waals surface area contributed by atoms with Crippen molar-refractivity contribution in [3.8, 4) is 6.01 Å². The minimum Gasteiger partial charge on any atom is -0.461 e. The number of ether oxygens (including phenoxy) is 1. The van der Waals surface area contributed by atoms with Crippen LogP contribution >= 0.6 is 0 Å². The molecule has 0 aromatic carbocycles. The molecule has 0 spiro atoms. The van der Waals surface area contributed by atoms with Crippen LogP contribution in [-0.4, -0.2) is 52.4 Å². The molecule has 0 radical (unpaired) electrons. The molecule has 1 saturated carbocycles. The predicted octanol–water partition coefficient (Wildman–Crippen LogP) is 1.05. The number of aliphatic hydroxyl groups excluding tert-OH is 1. The smallest absolute Gasteiger partial charge is 0.323 e. The molecule has 0 saturated heterocycles. The van der Waals surface area contributed by atoms with Gasteiger partial charge in [-0.05, 0) is 33.1 Å². The highest BCUT2D eigenvalue weighted by atomic mass is 16.5. The van der Waals surface area contributed by atoms with Gasteiger partial charge in [-0.2, -0.15) is 15.0 Å². The van der Waals surface area contributed by atoms with Gasteiger partial charge in [0, 0.05) is 19.6 Å². The first-order valence-corrected chi connectivity index (χ1v) is 7.12. The molecule has 1 aromatic rings. The maximum atomic E-state index is 9.25. The molecule has 0 bridgehead atoms. The normalized spacial score (nSPS) is 15.1. The topological polar surface area (TPSA) is 83.4 Å². The molecule has 7 heteroatoms. The van der Waals surface area contributed by atoms with Crippen molar-refractivity contribution >= 4 is 11.9 Å². The lowest BCUT2D eigenvalue weighted by atomic mass is 9.92. The number of nitrogens with one attached hydrogen (secondary N) is 1. The van der Waals surface area contributed by atoms with E-state index in [0.717, 1.165) is 12.8 Å². The molecule has 1 heterocycles. The van der Waals surface area contributed by atoms with Crippen LogP contribution in [0, 0.1) is 0 Å². The molecule has 112 valence electrons. The van der Waals surface area contributed by atoms with E-state index in [2.05, 4.69) is 20.3 Å². The Kier molecular flexibility index (Phi) is 4.94. The van der Waals surface area contributed by atoms with Crippen molar-refractivity contribution in [1.82, 2.24) is 15.0 Å². The predicted molar refractivity (Wildman–Crippen MR) is 77.2 cm³/mol. The highest BCUT2D eigenvalue weighted by Gasteiger charge is 2.27. The molecule has 0 unspecified atom stereocenters. The Morgan fingerprint density at radius 3 is 2.60 bits per heavy atom. The van der Waals surface area contributed by atoms with Gasteiger partial charge >= 0.3 is 6.01 Å². The number of hydrogen-bond acceptors (Lipinski definition) is 7. The first kappa shape index (κ1) is 14.8. The summed E-state index contributed by atoms with van der Waals surface area (Å²) < 4.78 is 5.57. The first-order valence-electron chi connectivity index (χ1n) is 7.12. The Labute approximate surface area is 119 Å². The third-order valence-corrected chi connectivity index (χ3v) is 3.28. The summed E-state index contributed by atoms with van der Waals surface area (Å²) in [6, 6.07) is 0.720. The molecule has 20 heavy (non-hydrogen) atoms. The molecule has 0 aliphatic heterocycles. The van der Waals surface area contributed by atoms with Gasteiger partial charge in [0.1, 0.15) is 0 Å². The molecule has 2 N–H and O–H groups in total. The standard InChI is InChI=1S/C13H23N5O2/c1-9(2)20-13-16-11(14-3)15-12(17-13)18(7-8-19)10-5-4-6-10/h9-10,19H,4-8H2,1-3H3,(H,14,15,16,17). The second-order valence-electron chi connectivity index (χ2n) is 5.16. The largest absolute Gasteiger partial charge is 0.461 e. The van der Waals surface area contributed by atoms with E-state index >= 15 is 0 Å². The number of hydrogen-bond donors (Lipinski definition) is 2. The minimum absolute atomic E-state index is 0.00458. The van der Waals surface area contributed by atoms with E-state index in [1.165, 1.54) is 6.42 Å². The molecule has 7 nitrogen and oxygen atoms in total. The lowest BCUT2D eigenvalue weighted by molar-refractivity contribution is 0.221. The van der Waals surface area contributed by atoms with Crippen LogP contribution in [0.25, 0.3) is 0 Å². The summed E-state index contributed by atoms with van der Waals surface area (Å²) in [7, 11) is 1.76. The second-order valence-corrected chi connectivity index (χ2v) is 5.16. The third kappa shape index (κ3) is 3.47. The van der Waals surface area contributed by atoms with Gasteiger partial charge in [-0.15, -0.1) is 0 Å². The van der Waals surface area contributed by atoms with Gasteiger partial charge in [-0.1, -0.05) is 0 Å². The van der Waals surface area contributed by atoms with Crippen LogP contribution in [0.15, 0.2) is 0 Å². The van der Waals surface area contributed by atoms with E-state index in [0.29, 0.717) is 30.5 Å².